The van der Waals surface area contributed by atoms with Crippen molar-refractivity contribution < 1.29 is 17.0 Å². The van der Waals surface area contributed by atoms with E-state index in [0.717, 1.165) is 0 Å². The predicted molar refractivity (Wildman–Crippen MR) is 40.7 cm³/mol. The van der Waals surface area contributed by atoms with Gasteiger partial charge in [0, 0.05) is 0 Å². The van der Waals surface area contributed by atoms with Crippen LogP contribution in [0.1, 0.15) is 16.7 Å². The number of halogens is 1. The van der Waals surface area contributed by atoms with Crippen LogP contribution in [0.5, 0.6) is 0 Å². The fourth-order valence-corrected chi connectivity index (χ4v) is 1.20. The highest BCUT2D eigenvalue weighted by Gasteiger charge is 1.87. The highest BCUT2D eigenvalue weighted by molar-refractivity contribution is 5.27. The molecule has 0 heterocycles. The summed E-state index contributed by atoms with van der Waals surface area (Å²) in [6.07, 6.45) is 0. The largest absolute Gasteiger partial charge is 1.00 e. The average Bonchev–Trinajstić information content (AvgIpc) is 1.59. The van der Waals surface area contributed by atoms with Crippen molar-refractivity contribution in [2.24, 2.45) is 0 Å². The molecule has 0 N–H and O–H groups in total. The van der Waals surface area contributed by atoms with Crippen LogP contribution in [0.25, 0.3) is 0 Å². The highest BCUT2D eigenvalue weighted by Crippen LogP contribution is 2.06. The summed E-state index contributed by atoms with van der Waals surface area (Å²) in [7, 11) is 0. The van der Waals surface area contributed by atoms with Gasteiger partial charge in [-0.25, -0.2) is 0 Å². The maximum Gasteiger partial charge on any atom is -0.0398 e. The number of benzene rings is 1. The molecular weight excluding hydrogens is 188 g/mol. The van der Waals surface area contributed by atoms with Crippen LogP contribution in [0.15, 0.2) is 18.2 Å². The first-order valence-corrected chi connectivity index (χ1v) is 3.23. The van der Waals surface area contributed by atoms with Gasteiger partial charge in [-0.2, -0.15) is 0 Å². The monoisotopic (exact) mass is 199 g/mol. The zero-order valence-corrected chi connectivity index (χ0v) is 8.20. The first-order chi connectivity index (χ1) is 4.18. The van der Waals surface area contributed by atoms with Crippen molar-refractivity contribution in [1.82, 2.24) is 0 Å². The summed E-state index contributed by atoms with van der Waals surface area (Å²) in [5.74, 6) is 0. The Bertz CT molecular complexity index is 165. The second-order valence-electron chi connectivity index (χ2n) is 2.67. The molecule has 0 atom stereocenters. The fraction of sp³-hybridized carbons (Fsp3) is 0.333. The van der Waals surface area contributed by atoms with E-state index in [1.165, 1.54) is 16.7 Å². The van der Waals surface area contributed by atoms with E-state index in [0.29, 0.717) is 0 Å². The Balaban J connectivity index is 0.000000810. The van der Waals surface area contributed by atoms with Crippen LogP contribution in [0.2, 0.25) is 0 Å². The van der Waals surface area contributed by atoms with E-state index in [4.69, 9.17) is 0 Å². The summed E-state index contributed by atoms with van der Waals surface area (Å²) in [5, 5.41) is 0. The molecule has 10 heavy (non-hydrogen) atoms. The average molecular weight is 200 g/mol. The molecular formula is C9H12Br-. The minimum absolute atomic E-state index is 0. The topological polar surface area (TPSA) is 0 Å². The van der Waals surface area contributed by atoms with Crippen molar-refractivity contribution in [1.29, 1.82) is 0 Å². The molecule has 0 fully saturated rings. The van der Waals surface area contributed by atoms with Gasteiger partial charge in [0.2, 0.25) is 0 Å². The van der Waals surface area contributed by atoms with Gasteiger partial charge in [-0.3, -0.25) is 0 Å². The van der Waals surface area contributed by atoms with E-state index < -0.39 is 0 Å². The lowest BCUT2D eigenvalue weighted by Crippen LogP contribution is -3.00. The summed E-state index contributed by atoms with van der Waals surface area (Å²) in [5.41, 5.74) is 4.06. The van der Waals surface area contributed by atoms with E-state index in [-0.39, 0.29) is 17.0 Å². The normalized spacial score (nSPS) is 8.70. The SMILES string of the molecule is Cc1cc(C)cc(C)c1.[Br-]. The first kappa shape index (κ1) is 9.70. The van der Waals surface area contributed by atoms with Gasteiger partial charge >= 0.3 is 0 Å². The lowest BCUT2D eigenvalue weighted by Gasteiger charge is -1.96. The van der Waals surface area contributed by atoms with E-state index in [2.05, 4.69) is 39.0 Å². The zero-order valence-electron chi connectivity index (χ0n) is 6.61. The molecule has 0 unspecified atom stereocenters. The molecule has 0 aliphatic heterocycles. The van der Waals surface area contributed by atoms with Gasteiger partial charge in [-0.15, -0.1) is 0 Å². The fourth-order valence-electron chi connectivity index (χ4n) is 1.20. The van der Waals surface area contributed by atoms with Crippen LogP contribution < -0.4 is 17.0 Å². The maximum absolute atomic E-state index is 2.19. The molecule has 1 heteroatoms. The Kier molecular flexibility index (Phi) is 3.66. The molecule has 1 rings (SSSR count). The lowest BCUT2D eigenvalue weighted by molar-refractivity contribution is -0.00000212. The third-order valence-corrected chi connectivity index (χ3v) is 1.37. The van der Waals surface area contributed by atoms with Crippen molar-refractivity contribution in [2.75, 3.05) is 0 Å². The molecule has 0 aliphatic rings. The van der Waals surface area contributed by atoms with Crippen LogP contribution >= 0.6 is 0 Å². The summed E-state index contributed by atoms with van der Waals surface area (Å²) in [6.45, 7) is 6.38. The summed E-state index contributed by atoms with van der Waals surface area (Å²) < 4.78 is 0. The number of rotatable bonds is 0. The van der Waals surface area contributed by atoms with E-state index in [1.54, 1.807) is 0 Å². The molecule has 1 aromatic carbocycles. The van der Waals surface area contributed by atoms with E-state index in [1.807, 2.05) is 0 Å². The quantitative estimate of drug-likeness (QED) is 0.535. The second-order valence-corrected chi connectivity index (χ2v) is 2.67. The molecule has 0 nitrogen and oxygen atoms in total. The van der Waals surface area contributed by atoms with Crippen LogP contribution in [0.4, 0.5) is 0 Å². The Hall–Kier alpha value is -0.300. The summed E-state index contributed by atoms with van der Waals surface area (Å²) >= 11 is 0. The van der Waals surface area contributed by atoms with Gasteiger partial charge in [-0.1, -0.05) is 34.9 Å². The molecule has 0 spiro atoms. The van der Waals surface area contributed by atoms with E-state index >= 15 is 0 Å². The van der Waals surface area contributed by atoms with Gasteiger partial charge in [0.25, 0.3) is 0 Å². The van der Waals surface area contributed by atoms with Crippen molar-refractivity contribution in [3.8, 4) is 0 Å². The van der Waals surface area contributed by atoms with Gasteiger partial charge in [0.1, 0.15) is 0 Å². The van der Waals surface area contributed by atoms with Crippen LogP contribution in [0.3, 0.4) is 0 Å². The lowest BCUT2D eigenvalue weighted by atomic mass is 10.1. The Labute approximate surface area is 73.0 Å². The molecule has 56 valence electrons. The molecule has 0 amide bonds. The van der Waals surface area contributed by atoms with Crippen molar-refractivity contribution in [3.63, 3.8) is 0 Å². The minimum atomic E-state index is 0. The molecule has 0 aromatic heterocycles. The molecule has 1 aromatic rings. The minimum Gasteiger partial charge on any atom is -1.00 e. The standard InChI is InChI=1S/C9H12.BrH/c1-7-4-8(2)6-9(3)5-7;/h4-6H,1-3H3;1H/p-1. The van der Waals surface area contributed by atoms with Crippen LogP contribution in [-0.4, -0.2) is 0 Å². The first-order valence-electron chi connectivity index (χ1n) is 3.23. The van der Waals surface area contributed by atoms with E-state index in [9.17, 15) is 0 Å². The van der Waals surface area contributed by atoms with Crippen molar-refractivity contribution >= 4 is 0 Å². The third kappa shape index (κ3) is 2.53. The number of hydrogen-bond acceptors (Lipinski definition) is 0. The van der Waals surface area contributed by atoms with Gasteiger partial charge in [0.05, 0.1) is 0 Å². The molecule has 0 bridgehead atoms. The highest BCUT2D eigenvalue weighted by atomic mass is 79.9. The number of aryl methyl sites for hydroxylation is 3. The molecule has 0 saturated heterocycles. The van der Waals surface area contributed by atoms with Gasteiger partial charge < -0.3 is 17.0 Å². The summed E-state index contributed by atoms with van der Waals surface area (Å²) in [4.78, 5) is 0. The smallest absolute Gasteiger partial charge is 0.0398 e. The zero-order chi connectivity index (χ0) is 6.85. The Morgan fingerprint density at radius 1 is 0.700 bits per heavy atom. The molecule has 0 aliphatic carbocycles. The Morgan fingerprint density at radius 2 is 0.900 bits per heavy atom. The van der Waals surface area contributed by atoms with Crippen molar-refractivity contribution in [2.45, 2.75) is 20.8 Å². The Morgan fingerprint density at radius 3 is 1.10 bits per heavy atom. The summed E-state index contributed by atoms with van der Waals surface area (Å²) in [6, 6.07) is 6.56. The second kappa shape index (κ2) is 3.77. The van der Waals surface area contributed by atoms with Crippen LogP contribution in [-0.2, 0) is 0 Å². The third-order valence-electron chi connectivity index (χ3n) is 1.37. The molecule has 0 radical (unpaired) electrons. The molecule has 0 saturated carbocycles. The maximum atomic E-state index is 2.19. The van der Waals surface area contributed by atoms with Crippen LogP contribution in [0, 0.1) is 20.8 Å². The van der Waals surface area contributed by atoms with Gasteiger partial charge in [-0.05, 0) is 20.8 Å². The number of hydrogen-bond donors (Lipinski definition) is 0. The van der Waals surface area contributed by atoms with Crippen molar-refractivity contribution in [3.05, 3.63) is 34.9 Å². The predicted octanol–water partition coefficient (Wildman–Crippen LogP) is -0.384. The van der Waals surface area contributed by atoms with Gasteiger partial charge in [0.15, 0.2) is 0 Å².